The van der Waals surface area contributed by atoms with Gasteiger partial charge in [-0.25, -0.2) is 4.39 Å². The van der Waals surface area contributed by atoms with Crippen molar-refractivity contribution in [3.8, 4) is 5.75 Å². The molecule has 0 aliphatic heterocycles. The third-order valence-electron chi connectivity index (χ3n) is 3.47. The summed E-state index contributed by atoms with van der Waals surface area (Å²) in [5, 5.41) is 3.44. The van der Waals surface area contributed by atoms with Crippen LogP contribution in [0.25, 0.3) is 0 Å². The topological polar surface area (TPSA) is 21.3 Å². The van der Waals surface area contributed by atoms with Gasteiger partial charge in [-0.2, -0.15) is 0 Å². The largest absolute Gasteiger partial charge is 0.494 e. The zero-order valence-corrected chi connectivity index (χ0v) is 11.8. The zero-order valence-electron chi connectivity index (χ0n) is 11.8. The van der Waals surface area contributed by atoms with E-state index in [0.29, 0.717) is 17.7 Å². The number of ether oxygens (including phenoxy) is 1. The SMILES string of the molecule is CCNC(C)C(CC)Cc1ccc(OC)c(F)c1. The summed E-state index contributed by atoms with van der Waals surface area (Å²) in [7, 11) is 1.49. The number of rotatable bonds is 7. The minimum absolute atomic E-state index is 0.277. The van der Waals surface area contributed by atoms with Gasteiger partial charge < -0.3 is 10.1 Å². The van der Waals surface area contributed by atoms with E-state index >= 15 is 0 Å². The molecule has 0 saturated carbocycles. The number of nitrogens with one attached hydrogen (secondary N) is 1. The lowest BCUT2D eigenvalue weighted by molar-refractivity contribution is 0.365. The maximum Gasteiger partial charge on any atom is 0.165 e. The highest BCUT2D eigenvalue weighted by Crippen LogP contribution is 2.21. The number of halogens is 1. The number of hydrogen-bond acceptors (Lipinski definition) is 2. The third-order valence-corrected chi connectivity index (χ3v) is 3.47. The predicted molar refractivity (Wildman–Crippen MR) is 73.6 cm³/mol. The van der Waals surface area contributed by atoms with Crippen molar-refractivity contribution in [3.05, 3.63) is 29.6 Å². The molecule has 0 heterocycles. The summed E-state index contributed by atoms with van der Waals surface area (Å²) in [4.78, 5) is 0. The number of methoxy groups -OCH3 is 1. The lowest BCUT2D eigenvalue weighted by Crippen LogP contribution is -2.34. The Morgan fingerprint density at radius 2 is 2.06 bits per heavy atom. The molecule has 0 aromatic heterocycles. The fourth-order valence-corrected chi connectivity index (χ4v) is 2.30. The van der Waals surface area contributed by atoms with Crippen molar-refractivity contribution in [1.82, 2.24) is 5.32 Å². The van der Waals surface area contributed by atoms with Gasteiger partial charge in [0.2, 0.25) is 0 Å². The molecule has 0 amide bonds. The van der Waals surface area contributed by atoms with Crippen LogP contribution in [-0.2, 0) is 6.42 Å². The number of hydrogen-bond donors (Lipinski definition) is 1. The molecule has 3 heteroatoms. The van der Waals surface area contributed by atoms with Gasteiger partial charge in [0.1, 0.15) is 0 Å². The van der Waals surface area contributed by atoms with Crippen molar-refractivity contribution < 1.29 is 9.13 Å². The Labute approximate surface area is 110 Å². The minimum Gasteiger partial charge on any atom is -0.494 e. The van der Waals surface area contributed by atoms with E-state index in [0.717, 1.165) is 24.9 Å². The van der Waals surface area contributed by atoms with Gasteiger partial charge in [0.15, 0.2) is 11.6 Å². The van der Waals surface area contributed by atoms with Crippen molar-refractivity contribution >= 4 is 0 Å². The molecule has 1 rings (SSSR count). The van der Waals surface area contributed by atoms with Crippen LogP contribution in [0.1, 0.15) is 32.8 Å². The first kappa shape index (κ1) is 15.0. The fourth-order valence-electron chi connectivity index (χ4n) is 2.30. The summed E-state index contributed by atoms with van der Waals surface area (Å²) in [5.74, 6) is 0.560. The van der Waals surface area contributed by atoms with E-state index in [1.807, 2.05) is 6.07 Å². The normalized spacial score (nSPS) is 14.3. The summed E-state index contributed by atoms with van der Waals surface area (Å²) in [5.41, 5.74) is 1.03. The van der Waals surface area contributed by atoms with Crippen LogP contribution in [0.5, 0.6) is 5.75 Å². The average molecular weight is 253 g/mol. The molecule has 0 aliphatic carbocycles. The lowest BCUT2D eigenvalue weighted by atomic mass is 9.90. The smallest absolute Gasteiger partial charge is 0.165 e. The van der Waals surface area contributed by atoms with Crippen molar-refractivity contribution in [2.24, 2.45) is 5.92 Å². The second kappa shape index (κ2) is 7.37. The van der Waals surface area contributed by atoms with Gasteiger partial charge in [0.25, 0.3) is 0 Å². The van der Waals surface area contributed by atoms with E-state index in [1.165, 1.54) is 7.11 Å². The molecule has 1 N–H and O–H groups in total. The highest BCUT2D eigenvalue weighted by molar-refractivity contribution is 5.29. The summed E-state index contributed by atoms with van der Waals surface area (Å²) in [6.45, 7) is 7.45. The van der Waals surface area contributed by atoms with Gasteiger partial charge in [0, 0.05) is 6.04 Å². The molecule has 0 spiro atoms. The molecule has 1 aromatic rings. The fraction of sp³-hybridized carbons (Fsp3) is 0.600. The van der Waals surface area contributed by atoms with Crippen LogP contribution in [-0.4, -0.2) is 19.7 Å². The Kier molecular flexibility index (Phi) is 6.13. The highest BCUT2D eigenvalue weighted by atomic mass is 19.1. The summed E-state index contributed by atoms with van der Waals surface area (Å²) < 4.78 is 18.5. The maximum absolute atomic E-state index is 13.6. The molecule has 2 unspecified atom stereocenters. The van der Waals surface area contributed by atoms with Gasteiger partial charge >= 0.3 is 0 Å². The third kappa shape index (κ3) is 3.98. The second-order valence-corrected chi connectivity index (χ2v) is 4.69. The zero-order chi connectivity index (χ0) is 13.5. The summed E-state index contributed by atoms with van der Waals surface area (Å²) in [6.07, 6.45) is 1.98. The van der Waals surface area contributed by atoms with Gasteiger partial charge in [-0.3, -0.25) is 0 Å². The van der Waals surface area contributed by atoms with Crippen molar-refractivity contribution in [1.29, 1.82) is 0 Å². The van der Waals surface area contributed by atoms with Crippen molar-refractivity contribution in [2.45, 2.75) is 39.7 Å². The van der Waals surface area contributed by atoms with Crippen molar-refractivity contribution in [3.63, 3.8) is 0 Å². The van der Waals surface area contributed by atoms with Crippen LogP contribution in [0, 0.1) is 11.7 Å². The van der Waals surface area contributed by atoms with Gasteiger partial charge in [0.05, 0.1) is 7.11 Å². The average Bonchev–Trinajstić information content (AvgIpc) is 2.36. The molecule has 2 atom stereocenters. The first-order valence-electron chi connectivity index (χ1n) is 6.68. The molecule has 102 valence electrons. The van der Waals surface area contributed by atoms with Crippen LogP contribution >= 0.6 is 0 Å². The molecule has 1 aromatic carbocycles. The molecule has 0 fully saturated rings. The van der Waals surface area contributed by atoms with E-state index in [1.54, 1.807) is 12.1 Å². The van der Waals surface area contributed by atoms with Gasteiger partial charge in [-0.1, -0.05) is 26.3 Å². The van der Waals surface area contributed by atoms with Crippen LogP contribution in [0.15, 0.2) is 18.2 Å². The Bertz CT molecular complexity index is 368. The molecule has 2 nitrogen and oxygen atoms in total. The minimum atomic E-state index is -0.277. The molecule has 0 saturated heterocycles. The number of benzene rings is 1. The first-order valence-corrected chi connectivity index (χ1v) is 6.68. The second-order valence-electron chi connectivity index (χ2n) is 4.69. The Morgan fingerprint density at radius 3 is 2.56 bits per heavy atom. The van der Waals surface area contributed by atoms with E-state index < -0.39 is 0 Å². The quantitative estimate of drug-likeness (QED) is 0.804. The van der Waals surface area contributed by atoms with E-state index in [4.69, 9.17) is 4.74 Å². The van der Waals surface area contributed by atoms with E-state index in [-0.39, 0.29) is 5.82 Å². The first-order chi connectivity index (χ1) is 8.62. The maximum atomic E-state index is 13.6. The highest BCUT2D eigenvalue weighted by Gasteiger charge is 2.15. The van der Waals surface area contributed by atoms with Crippen LogP contribution < -0.4 is 10.1 Å². The summed E-state index contributed by atoms with van der Waals surface area (Å²) in [6, 6.07) is 5.68. The Morgan fingerprint density at radius 1 is 1.33 bits per heavy atom. The Balaban J connectivity index is 2.72. The van der Waals surface area contributed by atoms with Gasteiger partial charge in [-0.05, 0) is 43.5 Å². The predicted octanol–water partition coefficient (Wildman–Crippen LogP) is 3.40. The Hall–Kier alpha value is -1.09. The summed E-state index contributed by atoms with van der Waals surface area (Å²) >= 11 is 0. The van der Waals surface area contributed by atoms with Gasteiger partial charge in [-0.15, -0.1) is 0 Å². The van der Waals surface area contributed by atoms with Crippen LogP contribution in [0.2, 0.25) is 0 Å². The van der Waals surface area contributed by atoms with Crippen molar-refractivity contribution in [2.75, 3.05) is 13.7 Å². The molecule has 18 heavy (non-hydrogen) atoms. The molecule has 0 aliphatic rings. The molecular weight excluding hydrogens is 229 g/mol. The molecule has 0 radical (unpaired) electrons. The molecule has 0 bridgehead atoms. The van der Waals surface area contributed by atoms with E-state index in [9.17, 15) is 4.39 Å². The van der Waals surface area contributed by atoms with Crippen LogP contribution in [0.3, 0.4) is 0 Å². The molecular formula is C15H24FNO. The van der Waals surface area contributed by atoms with E-state index in [2.05, 4.69) is 26.1 Å². The monoisotopic (exact) mass is 253 g/mol. The van der Waals surface area contributed by atoms with Crippen LogP contribution in [0.4, 0.5) is 4.39 Å². The lowest BCUT2D eigenvalue weighted by Gasteiger charge is -2.23. The standard InChI is InChI=1S/C15H24FNO/c1-5-13(11(3)17-6-2)9-12-7-8-15(18-4)14(16)10-12/h7-8,10-11,13,17H,5-6,9H2,1-4H3.